The summed E-state index contributed by atoms with van der Waals surface area (Å²) in [5.41, 5.74) is 11.1. The van der Waals surface area contributed by atoms with E-state index in [9.17, 15) is 9.59 Å². The molecule has 9 nitrogen and oxygen atoms in total. The number of hydrogen-bond acceptors (Lipinski definition) is 8. The Morgan fingerprint density at radius 1 is 1.43 bits per heavy atom. The minimum Gasteiger partial charge on any atom is -0.368 e. The second-order valence-corrected chi connectivity index (χ2v) is 5.23. The van der Waals surface area contributed by atoms with E-state index in [0.717, 1.165) is 0 Å². The van der Waals surface area contributed by atoms with Gasteiger partial charge in [0.2, 0.25) is 11.8 Å². The number of nitrogens with zero attached hydrogens (tertiary/aromatic N) is 3. The minimum atomic E-state index is -0.544. The molecular formula is C10H19N7O2S2. The maximum Gasteiger partial charge on any atom is 0.235 e. The van der Waals surface area contributed by atoms with Gasteiger partial charge in [0.25, 0.3) is 0 Å². The lowest BCUT2D eigenvalue weighted by atomic mass is 10.2. The van der Waals surface area contributed by atoms with Crippen molar-refractivity contribution in [3.05, 3.63) is 11.9 Å². The van der Waals surface area contributed by atoms with E-state index in [1.807, 2.05) is 0 Å². The first-order valence-corrected chi connectivity index (χ1v) is 7.80. The number of primary amides is 2. The molecule has 118 valence electrons. The Morgan fingerprint density at radius 2 is 2.10 bits per heavy atom. The van der Waals surface area contributed by atoms with Crippen LogP contribution in [0.15, 0.2) is 6.20 Å². The normalized spacial score (nSPS) is 13.8. The predicted octanol–water partition coefficient (Wildman–Crippen LogP) is -1.78. The molecule has 0 aromatic carbocycles. The van der Waals surface area contributed by atoms with Crippen LogP contribution < -0.4 is 20.9 Å². The van der Waals surface area contributed by atoms with Crippen LogP contribution in [0.4, 0.5) is 0 Å². The highest BCUT2D eigenvalue weighted by Crippen LogP contribution is 2.03. The second kappa shape index (κ2) is 8.87. The lowest BCUT2D eigenvalue weighted by Crippen LogP contribution is -2.39. The maximum absolute atomic E-state index is 11.3. The molecule has 0 aliphatic heterocycles. The molecular weight excluding hydrogens is 314 g/mol. The van der Waals surface area contributed by atoms with Gasteiger partial charge in [0.15, 0.2) is 0 Å². The molecule has 6 N–H and O–H groups in total. The first kappa shape index (κ1) is 17.8. The minimum absolute atomic E-state index is 0.347. The molecule has 11 heteroatoms. The zero-order valence-corrected chi connectivity index (χ0v) is 13.2. The third kappa shape index (κ3) is 5.91. The Labute approximate surface area is 132 Å². The molecule has 1 aromatic heterocycles. The van der Waals surface area contributed by atoms with E-state index in [0.29, 0.717) is 25.1 Å². The van der Waals surface area contributed by atoms with Gasteiger partial charge in [0, 0.05) is 19.2 Å². The summed E-state index contributed by atoms with van der Waals surface area (Å²) in [6.07, 6.45) is 4.29. The van der Waals surface area contributed by atoms with Crippen LogP contribution in [0.1, 0.15) is 12.1 Å². The lowest BCUT2D eigenvalue weighted by molar-refractivity contribution is -0.120. The van der Waals surface area contributed by atoms with Crippen molar-refractivity contribution in [3.8, 4) is 0 Å². The van der Waals surface area contributed by atoms with E-state index in [1.54, 1.807) is 17.1 Å². The Bertz CT molecular complexity index is 482. The zero-order chi connectivity index (χ0) is 15.8. The summed E-state index contributed by atoms with van der Waals surface area (Å²) in [6.45, 7) is 0.450. The van der Waals surface area contributed by atoms with Gasteiger partial charge < -0.3 is 11.5 Å². The molecule has 0 saturated heterocycles. The van der Waals surface area contributed by atoms with Crippen molar-refractivity contribution in [3.63, 3.8) is 0 Å². The number of nitrogens with one attached hydrogen (secondary N) is 2. The van der Waals surface area contributed by atoms with Crippen molar-refractivity contribution in [1.82, 2.24) is 24.4 Å². The van der Waals surface area contributed by atoms with E-state index < -0.39 is 23.9 Å². The van der Waals surface area contributed by atoms with Crippen LogP contribution >= 0.6 is 24.8 Å². The highest BCUT2D eigenvalue weighted by atomic mass is 32.2. The monoisotopic (exact) mass is 333 g/mol. The van der Waals surface area contributed by atoms with E-state index in [-0.39, 0.29) is 0 Å². The number of hydrogen-bond donors (Lipinski definition) is 5. The summed E-state index contributed by atoms with van der Waals surface area (Å²) < 4.78 is 7.00. The average molecular weight is 333 g/mol. The van der Waals surface area contributed by atoms with Gasteiger partial charge >= 0.3 is 0 Å². The average Bonchev–Trinajstić information content (AvgIpc) is 2.86. The highest BCUT2D eigenvalue weighted by Gasteiger charge is 2.17. The zero-order valence-electron chi connectivity index (χ0n) is 11.5. The highest BCUT2D eigenvalue weighted by molar-refractivity contribution is 7.96. The van der Waals surface area contributed by atoms with Crippen molar-refractivity contribution in [2.24, 2.45) is 11.5 Å². The molecule has 1 heterocycles. The first-order chi connectivity index (χ1) is 9.97. The van der Waals surface area contributed by atoms with Gasteiger partial charge in [-0.15, -0.1) is 5.10 Å². The number of aryl methyl sites for hydroxylation is 1. The lowest BCUT2D eigenvalue weighted by Gasteiger charge is -2.11. The van der Waals surface area contributed by atoms with Crippen LogP contribution in [0.3, 0.4) is 0 Å². The molecule has 2 unspecified atom stereocenters. The van der Waals surface area contributed by atoms with E-state index >= 15 is 0 Å². The van der Waals surface area contributed by atoms with Crippen LogP contribution in [0, 0.1) is 0 Å². The Morgan fingerprint density at radius 3 is 2.62 bits per heavy atom. The fourth-order valence-corrected chi connectivity index (χ4v) is 2.37. The summed E-state index contributed by atoms with van der Waals surface area (Å²) in [6, 6.07) is -1.06. The smallest absolute Gasteiger partial charge is 0.235 e. The molecule has 0 bridgehead atoms. The van der Waals surface area contributed by atoms with Crippen molar-refractivity contribution >= 4 is 36.6 Å². The first-order valence-electron chi connectivity index (χ1n) is 6.13. The van der Waals surface area contributed by atoms with E-state index in [2.05, 4.69) is 32.6 Å². The largest absolute Gasteiger partial charge is 0.368 e. The molecule has 0 aliphatic rings. The topological polar surface area (TPSA) is 141 Å². The Hall–Kier alpha value is -1.30. The quantitative estimate of drug-likeness (QED) is 0.252. The van der Waals surface area contributed by atoms with Crippen molar-refractivity contribution in [2.45, 2.75) is 31.5 Å². The standard InChI is InChI=1S/C10H19N7O2S2/c1-21-15-8(10(12)19)4-6-5-17(16-13-6)3-2-7(14-20)9(11)18/h5,7-8,14-15,20H,2-4H2,1H3,(H2,11,18)(H2,12,19). The molecule has 2 amide bonds. The summed E-state index contributed by atoms with van der Waals surface area (Å²) in [5, 5.41) is 7.90. The number of nitrogens with two attached hydrogens (primary N) is 2. The second-order valence-electron chi connectivity index (χ2n) is 4.33. The summed E-state index contributed by atoms with van der Waals surface area (Å²) >= 11 is 5.15. The Balaban J connectivity index is 2.56. The number of carbonyl (C=O) groups is 2. The van der Waals surface area contributed by atoms with Crippen LogP contribution in [-0.4, -0.2) is 45.1 Å². The molecule has 0 spiro atoms. The molecule has 1 rings (SSSR count). The third-order valence-corrected chi connectivity index (χ3v) is 3.58. The van der Waals surface area contributed by atoms with E-state index in [1.165, 1.54) is 11.9 Å². The molecule has 0 saturated carbocycles. The van der Waals surface area contributed by atoms with Gasteiger partial charge in [-0.1, -0.05) is 30.0 Å². The number of amides is 2. The number of aromatic nitrogens is 3. The summed E-state index contributed by atoms with van der Waals surface area (Å²) in [5.74, 6) is -0.935. The van der Waals surface area contributed by atoms with Crippen molar-refractivity contribution < 1.29 is 9.59 Å². The van der Waals surface area contributed by atoms with Gasteiger partial charge in [-0.05, 0) is 12.7 Å². The van der Waals surface area contributed by atoms with Crippen molar-refractivity contribution in [2.75, 3.05) is 6.26 Å². The summed E-state index contributed by atoms with van der Waals surface area (Å²) in [7, 11) is 0. The third-order valence-electron chi connectivity index (χ3n) is 2.75. The Kier molecular flexibility index (Phi) is 7.50. The molecule has 0 aliphatic carbocycles. The van der Waals surface area contributed by atoms with Gasteiger partial charge in [0.1, 0.15) is 6.04 Å². The van der Waals surface area contributed by atoms with Crippen LogP contribution in [0.25, 0.3) is 0 Å². The van der Waals surface area contributed by atoms with Gasteiger partial charge in [-0.3, -0.25) is 23.7 Å². The van der Waals surface area contributed by atoms with Crippen LogP contribution in [0.2, 0.25) is 0 Å². The molecule has 0 radical (unpaired) electrons. The molecule has 0 fully saturated rings. The van der Waals surface area contributed by atoms with Gasteiger partial charge in [-0.25, -0.2) is 0 Å². The SMILES string of the molecule is CSNC(Cc1cn(CCC(NS)C(N)=O)nn1)C(N)=O. The summed E-state index contributed by atoms with van der Waals surface area (Å²) in [4.78, 5) is 22.3. The number of rotatable bonds is 10. The van der Waals surface area contributed by atoms with Gasteiger partial charge in [-0.2, -0.15) is 0 Å². The fourth-order valence-electron chi connectivity index (χ4n) is 1.62. The maximum atomic E-state index is 11.3. The molecule has 21 heavy (non-hydrogen) atoms. The van der Waals surface area contributed by atoms with Crippen molar-refractivity contribution in [1.29, 1.82) is 0 Å². The number of thiol groups is 1. The van der Waals surface area contributed by atoms with E-state index in [4.69, 9.17) is 11.5 Å². The van der Waals surface area contributed by atoms with Crippen LogP contribution in [0.5, 0.6) is 0 Å². The molecule has 1 aromatic rings. The fraction of sp³-hybridized carbons (Fsp3) is 0.600. The number of carbonyl (C=O) groups excluding carboxylic acids is 2. The van der Waals surface area contributed by atoms with Gasteiger partial charge in [0.05, 0.1) is 11.7 Å². The molecule has 2 atom stereocenters. The predicted molar refractivity (Wildman–Crippen MR) is 83.1 cm³/mol. The van der Waals surface area contributed by atoms with Crippen LogP contribution in [-0.2, 0) is 22.6 Å².